The van der Waals surface area contributed by atoms with E-state index in [1.165, 1.54) is 39.2 Å². The van der Waals surface area contributed by atoms with Crippen LogP contribution < -0.4 is 4.74 Å². The third-order valence-electron chi connectivity index (χ3n) is 5.41. The molecule has 0 amide bonds. The van der Waals surface area contributed by atoms with Gasteiger partial charge >= 0.3 is 12.1 Å². The van der Waals surface area contributed by atoms with Crippen molar-refractivity contribution in [3.63, 3.8) is 0 Å². The fraction of sp³-hybridized carbons (Fsp3) is 0.435. The number of carbonyl (C=O) groups is 1. The van der Waals surface area contributed by atoms with Crippen LogP contribution in [-0.4, -0.2) is 19.3 Å². The number of alkyl halides is 3. The van der Waals surface area contributed by atoms with Crippen LogP contribution in [0.4, 0.5) is 13.2 Å². The van der Waals surface area contributed by atoms with Gasteiger partial charge in [0.25, 0.3) is 0 Å². The molecule has 0 aliphatic heterocycles. The van der Waals surface area contributed by atoms with Crippen LogP contribution in [0.15, 0.2) is 48.5 Å². The molecule has 2 rings (SSSR count). The molecule has 0 aliphatic carbocycles. The molecular formula is C23H27F3O3. The number of ether oxygens (including phenoxy) is 2. The minimum absolute atomic E-state index is 0.0817. The Morgan fingerprint density at radius 3 is 2.24 bits per heavy atom. The molecule has 2 aromatic carbocycles. The summed E-state index contributed by atoms with van der Waals surface area (Å²) in [7, 11) is 1.38. The molecule has 0 heterocycles. The maximum absolute atomic E-state index is 13.6. The van der Waals surface area contributed by atoms with E-state index >= 15 is 0 Å². The predicted octanol–water partition coefficient (Wildman–Crippen LogP) is 6.16. The van der Waals surface area contributed by atoms with Crippen molar-refractivity contribution < 1.29 is 27.4 Å². The van der Waals surface area contributed by atoms with E-state index in [0.29, 0.717) is 12.0 Å². The molecule has 158 valence electrons. The normalized spacial score (nSPS) is 14.7. The van der Waals surface area contributed by atoms with Crippen molar-refractivity contribution in [2.24, 2.45) is 0 Å². The van der Waals surface area contributed by atoms with Gasteiger partial charge in [-0.15, -0.1) is 0 Å². The monoisotopic (exact) mass is 408 g/mol. The average molecular weight is 408 g/mol. The lowest BCUT2D eigenvalue weighted by atomic mass is 9.79. The highest BCUT2D eigenvalue weighted by Gasteiger charge is 2.51. The maximum Gasteiger partial charge on any atom is 0.398 e. The first-order valence-electron chi connectivity index (χ1n) is 9.64. The molecule has 0 N–H and O–H groups in total. The molecule has 0 saturated carbocycles. The first-order valence-corrected chi connectivity index (χ1v) is 9.64. The summed E-state index contributed by atoms with van der Waals surface area (Å²) in [6.45, 7) is 4.59. The molecule has 0 bridgehead atoms. The summed E-state index contributed by atoms with van der Waals surface area (Å²) < 4.78 is 51.6. The van der Waals surface area contributed by atoms with Crippen LogP contribution in [0.2, 0.25) is 0 Å². The van der Waals surface area contributed by atoms with Crippen LogP contribution in [0.1, 0.15) is 56.4 Å². The van der Waals surface area contributed by atoms with Gasteiger partial charge in [0.15, 0.2) is 0 Å². The molecule has 0 radical (unpaired) electrons. The van der Waals surface area contributed by atoms with Crippen LogP contribution >= 0.6 is 0 Å². The van der Waals surface area contributed by atoms with Crippen molar-refractivity contribution in [2.75, 3.05) is 7.11 Å². The second-order valence-corrected chi connectivity index (χ2v) is 7.18. The largest absolute Gasteiger partial charge is 0.496 e. The van der Waals surface area contributed by atoms with Gasteiger partial charge in [0.2, 0.25) is 0 Å². The summed E-state index contributed by atoms with van der Waals surface area (Å²) in [5.41, 5.74) is -0.489. The quantitative estimate of drug-likeness (QED) is 0.491. The Morgan fingerprint density at radius 1 is 1.07 bits per heavy atom. The lowest BCUT2D eigenvalue weighted by molar-refractivity contribution is -0.186. The number of halogens is 3. The zero-order valence-corrected chi connectivity index (χ0v) is 17.2. The van der Waals surface area contributed by atoms with Gasteiger partial charge in [0.05, 0.1) is 18.9 Å². The van der Waals surface area contributed by atoms with Gasteiger partial charge in [0.1, 0.15) is 11.9 Å². The third-order valence-corrected chi connectivity index (χ3v) is 5.41. The van der Waals surface area contributed by atoms with Crippen LogP contribution in [-0.2, 0) is 21.4 Å². The number of carbonyl (C=O) groups excluding carboxylic acids is 1. The molecule has 29 heavy (non-hydrogen) atoms. The molecule has 6 heteroatoms. The Hall–Kier alpha value is -2.50. The highest BCUT2D eigenvalue weighted by atomic mass is 19.4. The number of hydrogen-bond donors (Lipinski definition) is 0. The van der Waals surface area contributed by atoms with Crippen LogP contribution in [0.5, 0.6) is 5.75 Å². The molecule has 2 aromatic rings. The fourth-order valence-corrected chi connectivity index (χ4v) is 3.21. The lowest BCUT2D eigenvalue weighted by Gasteiger charge is -2.32. The standard InChI is InChI=1S/C23H27F3O3/c1-5-19(16-10-8-7-9-11-16)29-21(27)14-17-12-13-18(15-20(17)28-4)22(3,6-2)23(24,25)26/h7-13,15,19H,5-6,14H2,1-4H3. The Morgan fingerprint density at radius 2 is 1.72 bits per heavy atom. The lowest BCUT2D eigenvalue weighted by Crippen LogP contribution is -2.38. The van der Waals surface area contributed by atoms with E-state index in [9.17, 15) is 18.0 Å². The zero-order valence-electron chi connectivity index (χ0n) is 17.2. The van der Waals surface area contributed by atoms with E-state index in [1.54, 1.807) is 0 Å². The molecular weight excluding hydrogens is 381 g/mol. The van der Waals surface area contributed by atoms with Crippen LogP contribution in [0, 0.1) is 0 Å². The Kier molecular flexibility index (Phi) is 7.33. The topological polar surface area (TPSA) is 35.5 Å². The van der Waals surface area contributed by atoms with Gasteiger partial charge in [-0.1, -0.05) is 56.3 Å². The van der Waals surface area contributed by atoms with Crippen molar-refractivity contribution in [3.8, 4) is 5.75 Å². The Balaban J connectivity index is 2.22. The van der Waals surface area contributed by atoms with Gasteiger partial charge in [-0.3, -0.25) is 4.79 Å². The average Bonchev–Trinajstić information content (AvgIpc) is 2.71. The number of esters is 1. The van der Waals surface area contributed by atoms with Gasteiger partial charge < -0.3 is 9.47 Å². The van der Waals surface area contributed by atoms with Crippen molar-refractivity contribution in [1.29, 1.82) is 0 Å². The van der Waals surface area contributed by atoms with E-state index < -0.39 is 17.6 Å². The zero-order chi connectivity index (χ0) is 21.7. The first-order chi connectivity index (χ1) is 13.7. The van der Waals surface area contributed by atoms with Crippen molar-refractivity contribution >= 4 is 5.97 Å². The maximum atomic E-state index is 13.6. The van der Waals surface area contributed by atoms with E-state index in [-0.39, 0.29) is 30.3 Å². The summed E-state index contributed by atoms with van der Waals surface area (Å²) in [5.74, 6) is -0.211. The van der Waals surface area contributed by atoms with Crippen molar-refractivity contribution in [2.45, 2.75) is 57.7 Å². The smallest absolute Gasteiger partial charge is 0.398 e. The van der Waals surface area contributed by atoms with E-state index in [4.69, 9.17) is 9.47 Å². The van der Waals surface area contributed by atoms with Crippen molar-refractivity contribution in [1.82, 2.24) is 0 Å². The molecule has 3 nitrogen and oxygen atoms in total. The summed E-state index contributed by atoms with van der Waals surface area (Å²) in [4.78, 5) is 12.5. The predicted molar refractivity (Wildman–Crippen MR) is 106 cm³/mol. The van der Waals surface area contributed by atoms with Gasteiger partial charge in [-0.05, 0) is 37.0 Å². The number of methoxy groups -OCH3 is 1. The summed E-state index contributed by atoms with van der Waals surface area (Å²) in [5, 5.41) is 0. The van der Waals surface area contributed by atoms with Crippen LogP contribution in [0.3, 0.4) is 0 Å². The SMILES string of the molecule is CCC(OC(=O)Cc1ccc(C(C)(CC)C(F)(F)F)cc1OC)c1ccccc1. The Labute approximate surface area is 169 Å². The summed E-state index contributed by atoms with van der Waals surface area (Å²) >= 11 is 0. The molecule has 0 aromatic heterocycles. The highest BCUT2D eigenvalue weighted by molar-refractivity contribution is 5.74. The molecule has 0 spiro atoms. The summed E-state index contributed by atoms with van der Waals surface area (Å²) in [6.07, 6.45) is -4.33. The van der Waals surface area contributed by atoms with Gasteiger partial charge in [-0.25, -0.2) is 0 Å². The van der Waals surface area contributed by atoms with Gasteiger partial charge in [0, 0.05) is 5.56 Å². The van der Waals surface area contributed by atoms with E-state index in [2.05, 4.69) is 0 Å². The third kappa shape index (κ3) is 5.11. The minimum Gasteiger partial charge on any atom is -0.496 e. The Bertz CT molecular complexity index is 818. The first kappa shape index (κ1) is 22.8. The van der Waals surface area contributed by atoms with Crippen molar-refractivity contribution in [3.05, 3.63) is 65.2 Å². The molecule has 0 saturated heterocycles. The molecule has 2 atom stereocenters. The van der Waals surface area contributed by atoms with Gasteiger partial charge in [-0.2, -0.15) is 13.2 Å². The second kappa shape index (κ2) is 9.33. The highest BCUT2D eigenvalue weighted by Crippen LogP contribution is 2.44. The summed E-state index contributed by atoms with van der Waals surface area (Å²) in [6, 6.07) is 13.7. The van der Waals surface area contributed by atoms with E-state index in [0.717, 1.165) is 5.56 Å². The van der Waals surface area contributed by atoms with E-state index in [1.807, 2.05) is 37.3 Å². The number of hydrogen-bond acceptors (Lipinski definition) is 3. The molecule has 0 fully saturated rings. The molecule has 2 unspecified atom stereocenters. The fourth-order valence-electron chi connectivity index (χ4n) is 3.21. The number of rotatable bonds is 8. The van der Waals surface area contributed by atoms with Crippen LogP contribution in [0.25, 0.3) is 0 Å². The molecule has 0 aliphatic rings. The second-order valence-electron chi connectivity index (χ2n) is 7.18. The number of benzene rings is 2. The minimum atomic E-state index is -4.39.